The van der Waals surface area contributed by atoms with E-state index in [1.54, 1.807) is 0 Å². The van der Waals surface area contributed by atoms with Crippen molar-refractivity contribution in [2.45, 2.75) is 37.6 Å². The summed E-state index contributed by atoms with van der Waals surface area (Å²) in [5, 5.41) is 8.70. The number of alkyl halides is 1. The van der Waals surface area contributed by atoms with Crippen molar-refractivity contribution in [3.63, 3.8) is 0 Å². The van der Waals surface area contributed by atoms with Crippen LogP contribution in [0.3, 0.4) is 0 Å². The Morgan fingerprint density at radius 1 is 1.37 bits per heavy atom. The quantitative estimate of drug-likeness (QED) is 0.804. The minimum absolute atomic E-state index is 0.0820. The van der Waals surface area contributed by atoms with Crippen LogP contribution in [-0.2, 0) is 19.4 Å². The summed E-state index contributed by atoms with van der Waals surface area (Å²) < 4.78 is 36.4. The van der Waals surface area contributed by atoms with Gasteiger partial charge in [-0.2, -0.15) is 0 Å². The van der Waals surface area contributed by atoms with Crippen LogP contribution in [-0.4, -0.2) is 59.6 Å². The van der Waals surface area contributed by atoms with E-state index >= 15 is 0 Å². The SMILES string of the molecule is CC(C)(C)S(=O)(=O)CC(=O)N1CCC(F)(C(=O)O)C1. The number of rotatable bonds is 3. The molecular formula is C11H18FNO5S. The zero-order valence-corrected chi connectivity index (χ0v) is 12.0. The van der Waals surface area contributed by atoms with Crippen molar-refractivity contribution in [1.29, 1.82) is 0 Å². The van der Waals surface area contributed by atoms with Gasteiger partial charge in [0.2, 0.25) is 11.6 Å². The number of likely N-dealkylation sites (tertiary alicyclic amines) is 1. The number of halogens is 1. The summed E-state index contributed by atoms with van der Waals surface area (Å²) in [7, 11) is -3.65. The van der Waals surface area contributed by atoms with E-state index in [0.717, 1.165) is 4.90 Å². The summed E-state index contributed by atoms with van der Waals surface area (Å²) >= 11 is 0. The van der Waals surface area contributed by atoms with E-state index < -0.39 is 44.4 Å². The van der Waals surface area contributed by atoms with Gasteiger partial charge in [-0.25, -0.2) is 17.6 Å². The molecule has 0 aromatic rings. The molecule has 0 spiro atoms. The molecule has 1 rings (SSSR count). The fourth-order valence-electron chi connectivity index (χ4n) is 1.63. The molecule has 0 aliphatic carbocycles. The first-order valence-electron chi connectivity index (χ1n) is 5.81. The van der Waals surface area contributed by atoms with Gasteiger partial charge in [0.25, 0.3) is 0 Å². The molecule has 0 saturated carbocycles. The zero-order chi connectivity index (χ0) is 15.1. The van der Waals surface area contributed by atoms with E-state index in [0.29, 0.717) is 0 Å². The topological polar surface area (TPSA) is 91.8 Å². The number of carboxylic acid groups (broad SMARTS) is 1. The third kappa shape index (κ3) is 3.23. The number of hydrogen-bond donors (Lipinski definition) is 1. The molecule has 1 aliphatic rings. The van der Waals surface area contributed by atoms with Crippen LogP contribution in [0.4, 0.5) is 4.39 Å². The fraction of sp³-hybridized carbons (Fsp3) is 0.818. The molecule has 1 saturated heterocycles. The Kier molecular flexibility index (Phi) is 3.96. The second-order valence-electron chi connectivity index (χ2n) is 5.71. The van der Waals surface area contributed by atoms with Crippen molar-refractivity contribution >= 4 is 21.7 Å². The highest BCUT2D eigenvalue weighted by Gasteiger charge is 2.47. The van der Waals surface area contributed by atoms with E-state index in [9.17, 15) is 22.4 Å². The van der Waals surface area contributed by atoms with Crippen molar-refractivity contribution in [2.75, 3.05) is 18.8 Å². The predicted octanol–water partition coefficient (Wildman–Crippen LogP) is 0.225. The van der Waals surface area contributed by atoms with Crippen molar-refractivity contribution in [1.82, 2.24) is 4.90 Å². The number of carbonyl (C=O) groups excluding carboxylic acids is 1. The normalized spacial score (nSPS) is 24.5. The maximum absolute atomic E-state index is 13.8. The van der Waals surface area contributed by atoms with E-state index in [2.05, 4.69) is 0 Å². The molecular weight excluding hydrogens is 277 g/mol. The van der Waals surface area contributed by atoms with Crippen molar-refractivity contribution < 1.29 is 27.5 Å². The largest absolute Gasteiger partial charge is 0.479 e. The minimum atomic E-state index is -3.65. The third-order valence-corrected chi connectivity index (χ3v) is 5.69. The summed E-state index contributed by atoms with van der Waals surface area (Å²) in [4.78, 5) is 23.5. The molecule has 1 fully saturated rings. The fourth-order valence-corrected chi connectivity index (χ4v) is 2.57. The van der Waals surface area contributed by atoms with Crippen molar-refractivity contribution in [3.8, 4) is 0 Å². The molecule has 0 bridgehead atoms. The molecule has 6 nitrogen and oxygen atoms in total. The number of aliphatic carboxylic acids is 1. The Hall–Kier alpha value is -1.18. The Bertz CT molecular complexity index is 496. The van der Waals surface area contributed by atoms with Crippen LogP contribution >= 0.6 is 0 Å². The van der Waals surface area contributed by atoms with Crippen LogP contribution in [0.5, 0.6) is 0 Å². The van der Waals surface area contributed by atoms with Crippen molar-refractivity contribution in [2.24, 2.45) is 0 Å². The second-order valence-corrected chi connectivity index (χ2v) is 8.45. The van der Waals surface area contributed by atoms with Crippen LogP contribution in [0.25, 0.3) is 0 Å². The maximum Gasteiger partial charge on any atom is 0.343 e. The van der Waals surface area contributed by atoms with Gasteiger partial charge in [0.15, 0.2) is 9.84 Å². The number of sulfone groups is 1. The summed E-state index contributed by atoms with van der Waals surface area (Å²) in [5.41, 5.74) is -2.47. The van der Waals surface area contributed by atoms with Gasteiger partial charge in [0.1, 0.15) is 5.75 Å². The number of amides is 1. The molecule has 1 atom stereocenters. The van der Waals surface area contributed by atoms with Crippen LogP contribution < -0.4 is 0 Å². The monoisotopic (exact) mass is 295 g/mol. The standard InChI is InChI=1S/C11H18FNO5S/c1-10(2,3)19(17,18)6-8(14)13-5-4-11(12,7-13)9(15)16/h4-7H2,1-3H3,(H,15,16). The van der Waals surface area contributed by atoms with Crippen LogP contribution in [0.15, 0.2) is 0 Å². The van der Waals surface area contributed by atoms with E-state index in [1.807, 2.05) is 0 Å². The molecule has 19 heavy (non-hydrogen) atoms. The summed E-state index contributed by atoms with van der Waals surface area (Å²) in [5.74, 6) is -3.11. The van der Waals surface area contributed by atoms with Gasteiger partial charge in [-0.3, -0.25) is 4.79 Å². The first-order chi connectivity index (χ1) is 8.39. The minimum Gasteiger partial charge on any atom is -0.479 e. The molecule has 1 heterocycles. The van der Waals surface area contributed by atoms with Crippen molar-refractivity contribution in [3.05, 3.63) is 0 Å². The lowest BCUT2D eigenvalue weighted by Crippen LogP contribution is -2.43. The summed E-state index contributed by atoms with van der Waals surface area (Å²) in [6.07, 6.45) is -0.316. The highest BCUT2D eigenvalue weighted by atomic mass is 32.2. The molecule has 0 radical (unpaired) electrons. The van der Waals surface area contributed by atoms with Gasteiger partial charge < -0.3 is 10.0 Å². The van der Waals surface area contributed by atoms with Gasteiger partial charge >= 0.3 is 5.97 Å². The molecule has 1 amide bonds. The molecule has 8 heteroatoms. The number of carbonyl (C=O) groups is 2. The number of nitrogens with zero attached hydrogens (tertiary/aromatic N) is 1. The number of carboxylic acids is 1. The average molecular weight is 295 g/mol. The molecule has 110 valence electrons. The highest BCUT2D eigenvalue weighted by molar-refractivity contribution is 7.93. The number of hydrogen-bond acceptors (Lipinski definition) is 4. The molecule has 0 aromatic carbocycles. The first-order valence-corrected chi connectivity index (χ1v) is 7.47. The summed E-state index contributed by atoms with van der Waals surface area (Å²) in [6.45, 7) is 3.73. The smallest absolute Gasteiger partial charge is 0.343 e. The van der Waals surface area contributed by atoms with Crippen LogP contribution in [0.2, 0.25) is 0 Å². The average Bonchev–Trinajstić information content (AvgIpc) is 2.60. The lowest BCUT2D eigenvalue weighted by atomic mass is 10.1. The van der Waals surface area contributed by atoms with E-state index in [-0.39, 0.29) is 13.0 Å². The Morgan fingerprint density at radius 2 is 1.89 bits per heavy atom. The molecule has 1 N–H and O–H groups in total. The van der Waals surface area contributed by atoms with Gasteiger partial charge in [0.05, 0.1) is 11.3 Å². The molecule has 0 aromatic heterocycles. The Labute approximate surface area is 111 Å². The van der Waals surface area contributed by atoms with E-state index in [4.69, 9.17) is 5.11 Å². The molecule has 1 aliphatic heterocycles. The lowest BCUT2D eigenvalue weighted by Gasteiger charge is -2.22. The second kappa shape index (κ2) is 4.73. The summed E-state index contributed by atoms with van der Waals surface area (Å²) in [6, 6.07) is 0. The first kappa shape index (κ1) is 15.9. The molecule has 1 unspecified atom stereocenters. The van der Waals surface area contributed by atoms with Crippen LogP contribution in [0.1, 0.15) is 27.2 Å². The van der Waals surface area contributed by atoms with Crippen LogP contribution in [0, 0.1) is 0 Å². The maximum atomic E-state index is 13.8. The van der Waals surface area contributed by atoms with Gasteiger partial charge in [-0.05, 0) is 20.8 Å². The Morgan fingerprint density at radius 3 is 2.26 bits per heavy atom. The highest BCUT2D eigenvalue weighted by Crippen LogP contribution is 2.26. The van der Waals surface area contributed by atoms with Gasteiger partial charge in [-0.15, -0.1) is 0 Å². The third-order valence-electron chi connectivity index (χ3n) is 3.20. The van der Waals surface area contributed by atoms with Gasteiger partial charge in [-0.1, -0.05) is 0 Å². The Balaban J connectivity index is 2.76. The zero-order valence-electron chi connectivity index (χ0n) is 11.1. The lowest BCUT2D eigenvalue weighted by molar-refractivity contribution is -0.150. The van der Waals surface area contributed by atoms with E-state index in [1.165, 1.54) is 20.8 Å². The predicted molar refractivity (Wildman–Crippen MR) is 66.2 cm³/mol. The van der Waals surface area contributed by atoms with Gasteiger partial charge in [0, 0.05) is 13.0 Å².